The van der Waals surface area contributed by atoms with Gasteiger partial charge in [0, 0.05) is 17.7 Å². The van der Waals surface area contributed by atoms with E-state index in [-0.39, 0.29) is 23.8 Å². The normalized spacial score (nSPS) is 16.2. The molecular formula is C27H32N4O2. The topological polar surface area (TPSA) is 76.0 Å². The number of aromatic nitrogens is 2. The minimum absolute atomic E-state index is 0.112. The second-order valence-electron chi connectivity index (χ2n) is 9.15. The van der Waals surface area contributed by atoms with Gasteiger partial charge in [0.25, 0.3) is 0 Å². The molecule has 2 amide bonds. The molecule has 6 heteroatoms. The summed E-state index contributed by atoms with van der Waals surface area (Å²) in [6.45, 7) is 4.70. The zero-order chi connectivity index (χ0) is 23.2. The van der Waals surface area contributed by atoms with Crippen LogP contribution < -0.4 is 10.6 Å². The molecule has 1 aliphatic carbocycles. The standard InChI is InChI=1S/C27H32N4O2/c1-19(2)16-25(32)30-26(21-12-7-4-8-13-21)27(33)29-23-14-9-15-24-22(23)17-28-31(24)18-20-10-5-3-6-11-20/h3-8,10-13,17,19,23,26H,9,14-16,18H2,1-2H3,(H,29,33)(H,30,32). The molecule has 0 bridgehead atoms. The van der Waals surface area contributed by atoms with Crippen molar-refractivity contribution in [1.29, 1.82) is 0 Å². The fourth-order valence-electron chi connectivity index (χ4n) is 4.45. The van der Waals surface area contributed by atoms with Crippen molar-refractivity contribution >= 4 is 11.8 Å². The van der Waals surface area contributed by atoms with E-state index in [0.29, 0.717) is 6.42 Å². The minimum Gasteiger partial charge on any atom is -0.347 e. The number of carbonyl (C=O) groups is 2. The zero-order valence-corrected chi connectivity index (χ0v) is 19.3. The quantitative estimate of drug-likeness (QED) is 0.543. The third-order valence-corrected chi connectivity index (χ3v) is 6.05. The first-order chi connectivity index (χ1) is 16.0. The fraction of sp³-hybridized carbons (Fsp3) is 0.370. The predicted octanol–water partition coefficient (Wildman–Crippen LogP) is 4.33. The van der Waals surface area contributed by atoms with Crippen molar-refractivity contribution in [2.24, 2.45) is 5.92 Å². The van der Waals surface area contributed by atoms with E-state index in [1.165, 1.54) is 11.3 Å². The van der Waals surface area contributed by atoms with Gasteiger partial charge in [-0.2, -0.15) is 5.10 Å². The number of nitrogens with zero attached hydrogens (tertiary/aromatic N) is 2. The van der Waals surface area contributed by atoms with Crippen LogP contribution in [0.15, 0.2) is 66.9 Å². The molecule has 1 aliphatic rings. The first kappa shape index (κ1) is 22.8. The Morgan fingerprint density at radius 1 is 1.06 bits per heavy atom. The lowest BCUT2D eigenvalue weighted by Crippen LogP contribution is -2.42. The van der Waals surface area contributed by atoms with Gasteiger partial charge in [-0.1, -0.05) is 74.5 Å². The van der Waals surface area contributed by atoms with Gasteiger partial charge in [-0.15, -0.1) is 0 Å². The van der Waals surface area contributed by atoms with Gasteiger partial charge >= 0.3 is 0 Å². The minimum atomic E-state index is -0.720. The average molecular weight is 445 g/mol. The van der Waals surface area contributed by atoms with E-state index in [1.807, 2.05) is 73.3 Å². The van der Waals surface area contributed by atoms with Gasteiger partial charge in [-0.3, -0.25) is 14.3 Å². The Hall–Kier alpha value is -3.41. The van der Waals surface area contributed by atoms with Crippen LogP contribution in [0.25, 0.3) is 0 Å². The summed E-state index contributed by atoms with van der Waals surface area (Å²) >= 11 is 0. The van der Waals surface area contributed by atoms with Gasteiger partial charge in [0.2, 0.25) is 11.8 Å². The lowest BCUT2D eigenvalue weighted by atomic mass is 9.92. The summed E-state index contributed by atoms with van der Waals surface area (Å²) in [6.07, 6.45) is 5.06. The summed E-state index contributed by atoms with van der Waals surface area (Å²) in [6, 6.07) is 18.9. The highest BCUT2D eigenvalue weighted by atomic mass is 16.2. The Morgan fingerprint density at radius 2 is 1.76 bits per heavy atom. The van der Waals surface area contributed by atoms with Gasteiger partial charge in [0.1, 0.15) is 6.04 Å². The van der Waals surface area contributed by atoms with E-state index < -0.39 is 6.04 Å². The molecule has 1 aromatic heterocycles. The molecule has 6 nitrogen and oxygen atoms in total. The van der Waals surface area contributed by atoms with Crippen molar-refractivity contribution in [3.63, 3.8) is 0 Å². The molecule has 2 unspecified atom stereocenters. The van der Waals surface area contributed by atoms with Crippen molar-refractivity contribution in [2.75, 3.05) is 0 Å². The van der Waals surface area contributed by atoms with E-state index >= 15 is 0 Å². The third-order valence-electron chi connectivity index (χ3n) is 6.05. The maximum absolute atomic E-state index is 13.4. The van der Waals surface area contributed by atoms with Crippen LogP contribution in [0, 0.1) is 5.92 Å². The molecule has 2 atom stereocenters. The molecule has 0 spiro atoms. The van der Waals surface area contributed by atoms with Crippen LogP contribution in [0.5, 0.6) is 0 Å². The van der Waals surface area contributed by atoms with Crippen LogP contribution >= 0.6 is 0 Å². The molecule has 3 aromatic rings. The first-order valence-corrected chi connectivity index (χ1v) is 11.7. The monoisotopic (exact) mass is 444 g/mol. The second kappa shape index (κ2) is 10.5. The Bertz CT molecular complexity index is 1080. The Kier molecular flexibility index (Phi) is 7.23. The van der Waals surface area contributed by atoms with Crippen molar-refractivity contribution in [2.45, 2.75) is 58.2 Å². The third kappa shape index (κ3) is 5.69. The lowest BCUT2D eigenvalue weighted by molar-refractivity contribution is -0.130. The highest BCUT2D eigenvalue weighted by Crippen LogP contribution is 2.30. The molecule has 0 aliphatic heterocycles. The summed E-state index contributed by atoms with van der Waals surface area (Å²) < 4.78 is 2.04. The molecule has 1 heterocycles. The van der Waals surface area contributed by atoms with Gasteiger partial charge in [-0.05, 0) is 36.3 Å². The zero-order valence-electron chi connectivity index (χ0n) is 19.3. The van der Waals surface area contributed by atoms with Gasteiger partial charge in [-0.25, -0.2) is 0 Å². The number of fused-ring (bicyclic) bond motifs is 1. The number of carbonyl (C=O) groups excluding carboxylic acids is 2. The first-order valence-electron chi connectivity index (χ1n) is 11.7. The van der Waals surface area contributed by atoms with Crippen molar-refractivity contribution < 1.29 is 9.59 Å². The van der Waals surface area contributed by atoms with Crippen LogP contribution in [0.1, 0.15) is 67.6 Å². The molecule has 33 heavy (non-hydrogen) atoms. The Morgan fingerprint density at radius 3 is 2.45 bits per heavy atom. The van der Waals surface area contributed by atoms with Crippen LogP contribution in [0.3, 0.4) is 0 Å². The number of amides is 2. The largest absolute Gasteiger partial charge is 0.347 e. The van der Waals surface area contributed by atoms with Crippen molar-refractivity contribution in [1.82, 2.24) is 20.4 Å². The smallest absolute Gasteiger partial charge is 0.247 e. The van der Waals surface area contributed by atoms with E-state index in [2.05, 4.69) is 27.9 Å². The SMILES string of the molecule is CC(C)CC(=O)NC(C(=O)NC1CCCc2c1cnn2Cc1ccccc1)c1ccccc1. The van der Waals surface area contributed by atoms with Crippen molar-refractivity contribution in [3.8, 4) is 0 Å². The molecule has 0 saturated carbocycles. The van der Waals surface area contributed by atoms with E-state index in [1.54, 1.807) is 0 Å². The molecule has 172 valence electrons. The van der Waals surface area contributed by atoms with Gasteiger partial charge in [0.05, 0.1) is 18.8 Å². The van der Waals surface area contributed by atoms with Gasteiger partial charge in [0.15, 0.2) is 0 Å². The van der Waals surface area contributed by atoms with Crippen LogP contribution in [-0.2, 0) is 22.6 Å². The maximum Gasteiger partial charge on any atom is 0.247 e. The molecular weight excluding hydrogens is 412 g/mol. The highest BCUT2D eigenvalue weighted by Gasteiger charge is 2.29. The van der Waals surface area contributed by atoms with E-state index in [0.717, 1.165) is 36.9 Å². The highest BCUT2D eigenvalue weighted by molar-refractivity contribution is 5.89. The molecule has 2 N–H and O–H groups in total. The number of hydrogen-bond donors (Lipinski definition) is 2. The Labute approximate surface area is 195 Å². The molecule has 0 radical (unpaired) electrons. The molecule has 2 aromatic carbocycles. The van der Waals surface area contributed by atoms with E-state index in [9.17, 15) is 9.59 Å². The molecule has 4 rings (SSSR count). The maximum atomic E-state index is 13.4. The number of nitrogens with one attached hydrogen (secondary N) is 2. The molecule has 0 saturated heterocycles. The Balaban J connectivity index is 1.51. The summed E-state index contributed by atoms with van der Waals surface area (Å²) in [5, 5.41) is 10.8. The molecule has 0 fully saturated rings. The number of hydrogen-bond acceptors (Lipinski definition) is 3. The summed E-state index contributed by atoms with van der Waals surface area (Å²) in [5.41, 5.74) is 4.23. The number of benzene rings is 2. The van der Waals surface area contributed by atoms with Crippen LogP contribution in [-0.4, -0.2) is 21.6 Å². The van der Waals surface area contributed by atoms with E-state index in [4.69, 9.17) is 0 Å². The van der Waals surface area contributed by atoms with Crippen molar-refractivity contribution in [3.05, 3.63) is 89.2 Å². The second-order valence-corrected chi connectivity index (χ2v) is 9.15. The fourth-order valence-corrected chi connectivity index (χ4v) is 4.45. The summed E-state index contributed by atoms with van der Waals surface area (Å²) in [4.78, 5) is 25.9. The van der Waals surface area contributed by atoms with Crippen LogP contribution in [0.4, 0.5) is 0 Å². The number of rotatable bonds is 8. The van der Waals surface area contributed by atoms with Crippen LogP contribution in [0.2, 0.25) is 0 Å². The average Bonchev–Trinajstić information content (AvgIpc) is 3.22. The summed E-state index contributed by atoms with van der Waals surface area (Å²) in [7, 11) is 0. The summed E-state index contributed by atoms with van der Waals surface area (Å²) in [5.74, 6) is -0.0816. The predicted molar refractivity (Wildman–Crippen MR) is 128 cm³/mol. The van der Waals surface area contributed by atoms with Gasteiger partial charge < -0.3 is 10.6 Å². The lowest BCUT2D eigenvalue weighted by Gasteiger charge is -2.27.